The summed E-state index contributed by atoms with van der Waals surface area (Å²) < 4.78 is 0. The molecule has 1 aliphatic carbocycles. The van der Waals surface area contributed by atoms with Gasteiger partial charge in [0.05, 0.1) is 0 Å². The number of carbonyl (C=O) groups is 1. The van der Waals surface area contributed by atoms with Crippen LogP contribution in [0.4, 0.5) is 0 Å². The number of carbonyl (C=O) groups excluding carboxylic acids is 1. The Morgan fingerprint density at radius 2 is 1.79 bits per heavy atom. The molecular weight excluding hydrogens is 236 g/mol. The molecule has 1 fully saturated rings. The van der Waals surface area contributed by atoms with Gasteiger partial charge in [0, 0.05) is 31.6 Å². The van der Waals surface area contributed by atoms with Crippen LogP contribution in [0.15, 0.2) is 0 Å². The van der Waals surface area contributed by atoms with E-state index in [1.165, 1.54) is 32.1 Å². The summed E-state index contributed by atoms with van der Waals surface area (Å²) in [7, 11) is 1.98. The summed E-state index contributed by atoms with van der Waals surface area (Å²) in [6, 6.07) is 0.477. The quantitative estimate of drug-likeness (QED) is 0.830. The zero-order chi connectivity index (χ0) is 14.5. The molecule has 0 atom stereocenters. The third-order valence-electron chi connectivity index (χ3n) is 4.33. The van der Waals surface area contributed by atoms with Crippen LogP contribution in [-0.4, -0.2) is 36.0 Å². The van der Waals surface area contributed by atoms with Crippen molar-refractivity contribution in [2.24, 2.45) is 5.92 Å². The van der Waals surface area contributed by atoms with Crippen LogP contribution >= 0.6 is 0 Å². The van der Waals surface area contributed by atoms with Gasteiger partial charge in [0.25, 0.3) is 0 Å². The maximum absolute atomic E-state index is 12.2. The minimum atomic E-state index is 0.0953. The third kappa shape index (κ3) is 5.94. The van der Waals surface area contributed by atoms with Crippen LogP contribution in [0.1, 0.15) is 66.2 Å². The summed E-state index contributed by atoms with van der Waals surface area (Å²) in [6.45, 7) is 9.45. The zero-order valence-electron chi connectivity index (χ0n) is 13.5. The monoisotopic (exact) mass is 268 g/mol. The molecule has 1 N–H and O–H groups in total. The molecule has 0 heterocycles. The molecule has 1 rings (SSSR count). The minimum absolute atomic E-state index is 0.0953. The van der Waals surface area contributed by atoms with Gasteiger partial charge >= 0.3 is 0 Å². The molecule has 19 heavy (non-hydrogen) atoms. The molecule has 1 aliphatic rings. The SMILES string of the molecule is CCC1CCC(N(C)C(=O)CCNC(C)(C)C)CC1. The fraction of sp³-hybridized carbons (Fsp3) is 0.938. The molecule has 0 aromatic heterocycles. The Labute approximate surface area is 119 Å². The van der Waals surface area contributed by atoms with Crippen molar-refractivity contribution >= 4 is 5.91 Å². The lowest BCUT2D eigenvalue weighted by Gasteiger charge is -2.34. The first-order valence-corrected chi connectivity index (χ1v) is 7.84. The highest BCUT2D eigenvalue weighted by molar-refractivity contribution is 5.76. The molecule has 3 heteroatoms. The number of nitrogens with zero attached hydrogens (tertiary/aromatic N) is 1. The number of hydrogen-bond acceptors (Lipinski definition) is 2. The number of amides is 1. The highest BCUT2D eigenvalue weighted by Gasteiger charge is 2.25. The standard InChI is InChI=1S/C16H32N2O/c1-6-13-7-9-14(10-8-13)18(5)15(19)11-12-17-16(2,3)4/h13-14,17H,6-12H2,1-5H3. The second-order valence-corrected chi connectivity index (χ2v) is 7.01. The Morgan fingerprint density at radius 3 is 2.26 bits per heavy atom. The average Bonchev–Trinajstić information content (AvgIpc) is 2.36. The van der Waals surface area contributed by atoms with E-state index in [1.807, 2.05) is 11.9 Å². The van der Waals surface area contributed by atoms with Gasteiger partial charge in [0.15, 0.2) is 0 Å². The maximum Gasteiger partial charge on any atom is 0.223 e. The van der Waals surface area contributed by atoms with Crippen LogP contribution < -0.4 is 5.32 Å². The van der Waals surface area contributed by atoms with Gasteiger partial charge in [-0.05, 0) is 52.4 Å². The van der Waals surface area contributed by atoms with Crippen LogP contribution in [0.25, 0.3) is 0 Å². The average molecular weight is 268 g/mol. The summed E-state index contributed by atoms with van der Waals surface area (Å²) in [4.78, 5) is 14.2. The van der Waals surface area contributed by atoms with E-state index in [-0.39, 0.29) is 11.4 Å². The van der Waals surface area contributed by atoms with E-state index >= 15 is 0 Å². The summed E-state index contributed by atoms with van der Waals surface area (Å²) in [5.74, 6) is 1.18. The van der Waals surface area contributed by atoms with Crippen LogP contribution in [0, 0.1) is 5.92 Å². The first-order chi connectivity index (χ1) is 8.83. The molecule has 1 saturated carbocycles. The topological polar surface area (TPSA) is 32.3 Å². The Morgan fingerprint density at radius 1 is 1.21 bits per heavy atom. The predicted molar refractivity (Wildman–Crippen MR) is 81.2 cm³/mol. The molecule has 0 saturated heterocycles. The molecule has 1 amide bonds. The number of rotatable bonds is 5. The van der Waals surface area contributed by atoms with Gasteiger partial charge in [-0.15, -0.1) is 0 Å². The van der Waals surface area contributed by atoms with E-state index in [0.29, 0.717) is 12.5 Å². The molecule has 0 radical (unpaired) electrons. The van der Waals surface area contributed by atoms with Crippen molar-refractivity contribution in [2.45, 2.75) is 77.8 Å². The van der Waals surface area contributed by atoms with E-state index in [4.69, 9.17) is 0 Å². The van der Waals surface area contributed by atoms with Crippen LogP contribution in [0.5, 0.6) is 0 Å². The van der Waals surface area contributed by atoms with Gasteiger partial charge < -0.3 is 10.2 Å². The van der Waals surface area contributed by atoms with E-state index < -0.39 is 0 Å². The molecule has 0 aliphatic heterocycles. The fourth-order valence-corrected chi connectivity index (χ4v) is 2.86. The van der Waals surface area contributed by atoms with Crippen LogP contribution in [0.2, 0.25) is 0 Å². The predicted octanol–water partition coefficient (Wildman–Crippen LogP) is 3.19. The molecule has 0 bridgehead atoms. The van der Waals surface area contributed by atoms with E-state index in [0.717, 1.165) is 12.5 Å². The summed E-state index contributed by atoms with van der Waals surface area (Å²) in [6.07, 6.45) is 6.86. The van der Waals surface area contributed by atoms with Crippen molar-refractivity contribution in [3.05, 3.63) is 0 Å². The number of nitrogens with one attached hydrogen (secondary N) is 1. The largest absolute Gasteiger partial charge is 0.343 e. The molecule has 112 valence electrons. The molecule has 0 aromatic carbocycles. The van der Waals surface area contributed by atoms with Crippen molar-refractivity contribution in [1.82, 2.24) is 10.2 Å². The summed E-state index contributed by atoms with van der Waals surface area (Å²) >= 11 is 0. The molecular formula is C16H32N2O. The molecule has 0 aromatic rings. The van der Waals surface area contributed by atoms with E-state index in [2.05, 4.69) is 33.0 Å². The van der Waals surface area contributed by atoms with Gasteiger partial charge in [0.2, 0.25) is 5.91 Å². The lowest BCUT2D eigenvalue weighted by molar-refractivity contribution is -0.132. The highest BCUT2D eigenvalue weighted by atomic mass is 16.2. The third-order valence-corrected chi connectivity index (χ3v) is 4.33. The highest BCUT2D eigenvalue weighted by Crippen LogP contribution is 2.29. The normalized spacial score (nSPS) is 24.3. The van der Waals surface area contributed by atoms with Crippen molar-refractivity contribution < 1.29 is 4.79 Å². The Balaban J connectivity index is 2.29. The fourth-order valence-electron chi connectivity index (χ4n) is 2.86. The lowest BCUT2D eigenvalue weighted by Crippen LogP contribution is -2.42. The van der Waals surface area contributed by atoms with Gasteiger partial charge in [-0.2, -0.15) is 0 Å². The second kappa shape index (κ2) is 7.28. The van der Waals surface area contributed by atoms with Crippen LogP contribution in [-0.2, 0) is 4.79 Å². The second-order valence-electron chi connectivity index (χ2n) is 7.01. The Bertz CT molecular complexity index is 275. The summed E-state index contributed by atoms with van der Waals surface area (Å²) in [5.41, 5.74) is 0.0953. The smallest absolute Gasteiger partial charge is 0.223 e. The van der Waals surface area contributed by atoms with Gasteiger partial charge in [0.1, 0.15) is 0 Å². The van der Waals surface area contributed by atoms with Crippen molar-refractivity contribution in [3.8, 4) is 0 Å². The lowest BCUT2D eigenvalue weighted by atomic mass is 9.84. The van der Waals surface area contributed by atoms with Crippen molar-refractivity contribution in [2.75, 3.05) is 13.6 Å². The summed E-state index contributed by atoms with van der Waals surface area (Å²) in [5, 5.41) is 3.38. The zero-order valence-corrected chi connectivity index (χ0v) is 13.5. The Hall–Kier alpha value is -0.570. The van der Waals surface area contributed by atoms with E-state index in [9.17, 15) is 4.79 Å². The first-order valence-electron chi connectivity index (χ1n) is 7.84. The minimum Gasteiger partial charge on any atom is -0.343 e. The molecule has 0 spiro atoms. The molecule has 0 unspecified atom stereocenters. The van der Waals surface area contributed by atoms with Gasteiger partial charge in [-0.3, -0.25) is 4.79 Å². The van der Waals surface area contributed by atoms with Crippen LogP contribution in [0.3, 0.4) is 0 Å². The van der Waals surface area contributed by atoms with Crippen molar-refractivity contribution in [3.63, 3.8) is 0 Å². The van der Waals surface area contributed by atoms with Gasteiger partial charge in [-0.1, -0.05) is 13.3 Å². The van der Waals surface area contributed by atoms with E-state index in [1.54, 1.807) is 0 Å². The Kier molecular flexibility index (Phi) is 6.31. The molecule has 3 nitrogen and oxygen atoms in total. The van der Waals surface area contributed by atoms with Gasteiger partial charge in [-0.25, -0.2) is 0 Å². The first kappa shape index (κ1) is 16.5. The number of hydrogen-bond donors (Lipinski definition) is 1. The van der Waals surface area contributed by atoms with Crippen molar-refractivity contribution in [1.29, 1.82) is 0 Å². The maximum atomic E-state index is 12.2.